The number of hydrogen-bond acceptors (Lipinski definition) is 4. The highest BCUT2D eigenvalue weighted by molar-refractivity contribution is 5.91. The van der Waals surface area contributed by atoms with Gasteiger partial charge in [0.15, 0.2) is 5.65 Å². The van der Waals surface area contributed by atoms with Gasteiger partial charge < -0.3 is 5.32 Å². The predicted molar refractivity (Wildman–Crippen MR) is 126 cm³/mol. The Balaban J connectivity index is 1.65. The Morgan fingerprint density at radius 3 is 2.50 bits per heavy atom. The molecule has 4 rings (SSSR count). The summed E-state index contributed by atoms with van der Waals surface area (Å²) >= 11 is 0. The van der Waals surface area contributed by atoms with Gasteiger partial charge in [0.25, 0.3) is 5.56 Å². The highest BCUT2D eigenvalue weighted by atomic mass is 16.1. The van der Waals surface area contributed by atoms with Crippen molar-refractivity contribution in [3.8, 4) is 5.69 Å². The monoisotopic (exact) mass is 429 g/mol. The molecule has 0 saturated carbocycles. The Bertz CT molecular complexity index is 1350. The number of carbonyl (C=O) groups excluding carboxylic acids is 1. The summed E-state index contributed by atoms with van der Waals surface area (Å²) in [6, 6.07) is 15.5. The van der Waals surface area contributed by atoms with E-state index in [0.717, 1.165) is 28.2 Å². The van der Waals surface area contributed by atoms with E-state index in [1.165, 1.54) is 0 Å². The van der Waals surface area contributed by atoms with E-state index in [9.17, 15) is 9.59 Å². The molecule has 0 aliphatic heterocycles. The molecule has 0 atom stereocenters. The number of carbonyl (C=O) groups is 1. The van der Waals surface area contributed by atoms with Crippen LogP contribution in [0.2, 0.25) is 0 Å². The van der Waals surface area contributed by atoms with E-state index in [4.69, 9.17) is 0 Å². The van der Waals surface area contributed by atoms with Gasteiger partial charge in [-0.1, -0.05) is 30.3 Å². The first-order valence-corrected chi connectivity index (χ1v) is 10.8. The van der Waals surface area contributed by atoms with Crippen LogP contribution in [0.3, 0.4) is 0 Å². The summed E-state index contributed by atoms with van der Waals surface area (Å²) in [7, 11) is 0. The van der Waals surface area contributed by atoms with Gasteiger partial charge in [-0.2, -0.15) is 5.10 Å². The van der Waals surface area contributed by atoms with Crippen LogP contribution in [0.15, 0.2) is 53.3 Å². The van der Waals surface area contributed by atoms with Crippen LogP contribution < -0.4 is 10.9 Å². The molecule has 164 valence electrons. The summed E-state index contributed by atoms with van der Waals surface area (Å²) < 4.78 is 3.45. The van der Waals surface area contributed by atoms with Crippen LogP contribution in [-0.2, 0) is 17.8 Å². The third-order valence-corrected chi connectivity index (χ3v) is 5.78. The first kappa shape index (κ1) is 21.5. The quantitative estimate of drug-likeness (QED) is 0.500. The second-order valence-corrected chi connectivity index (χ2v) is 7.91. The maximum Gasteiger partial charge on any atom is 0.273 e. The van der Waals surface area contributed by atoms with Gasteiger partial charge in [0.05, 0.1) is 11.4 Å². The zero-order valence-corrected chi connectivity index (χ0v) is 18.8. The average Bonchev–Trinajstić information content (AvgIpc) is 3.12. The number of aryl methyl sites for hydroxylation is 4. The van der Waals surface area contributed by atoms with Crippen molar-refractivity contribution < 1.29 is 4.79 Å². The molecule has 1 amide bonds. The third-order valence-electron chi connectivity index (χ3n) is 5.78. The van der Waals surface area contributed by atoms with Crippen LogP contribution in [0.4, 0.5) is 5.69 Å². The molecule has 0 radical (unpaired) electrons. The molecular weight excluding hydrogens is 402 g/mol. The lowest BCUT2D eigenvalue weighted by Gasteiger charge is -2.12. The molecule has 7 heteroatoms. The van der Waals surface area contributed by atoms with Crippen molar-refractivity contribution in [2.45, 2.75) is 47.1 Å². The van der Waals surface area contributed by atoms with Gasteiger partial charge in [-0.3, -0.25) is 14.2 Å². The van der Waals surface area contributed by atoms with Gasteiger partial charge >= 0.3 is 0 Å². The van der Waals surface area contributed by atoms with Gasteiger partial charge in [0, 0.05) is 25.1 Å². The number of nitrogens with one attached hydrogen (secondary N) is 1. The summed E-state index contributed by atoms with van der Waals surface area (Å²) in [4.78, 5) is 30.4. The molecule has 0 spiro atoms. The molecule has 0 unspecified atom stereocenters. The van der Waals surface area contributed by atoms with E-state index < -0.39 is 0 Å². The number of aromatic nitrogens is 4. The second-order valence-electron chi connectivity index (χ2n) is 7.91. The summed E-state index contributed by atoms with van der Waals surface area (Å²) in [6.45, 7) is 8.28. The average molecular weight is 430 g/mol. The lowest BCUT2D eigenvalue weighted by molar-refractivity contribution is -0.116. The number of anilines is 1. The highest BCUT2D eigenvalue weighted by Gasteiger charge is 2.19. The summed E-state index contributed by atoms with van der Waals surface area (Å²) in [5.41, 5.74) is 6.11. The largest absolute Gasteiger partial charge is 0.326 e. The topological polar surface area (TPSA) is 81.8 Å². The third kappa shape index (κ3) is 3.93. The van der Waals surface area contributed by atoms with Crippen molar-refractivity contribution in [3.05, 3.63) is 81.4 Å². The van der Waals surface area contributed by atoms with Crippen molar-refractivity contribution in [3.63, 3.8) is 0 Å². The smallest absolute Gasteiger partial charge is 0.273 e. The Labute approximate surface area is 186 Å². The zero-order chi connectivity index (χ0) is 22.8. The minimum absolute atomic E-state index is 0.139. The first-order chi connectivity index (χ1) is 15.4. The fourth-order valence-electron chi connectivity index (χ4n) is 3.85. The van der Waals surface area contributed by atoms with Crippen molar-refractivity contribution >= 4 is 22.8 Å². The highest BCUT2D eigenvalue weighted by Crippen LogP contribution is 2.21. The van der Waals surface area contributed by atoms with Gasteiger partial charge in [-0.15, -0.1) is 0 Å². The van der Waals surface area contributed by atoms with E-state index in [1.807, 2.05) is 76.2 Å². The number of nitrogens with zero attached hydrogens (tertiary/aromatic N) is 4. The van der Waals surface area contributed by atoms with Crippen LogP contribution >= 0.6 is 0 Å². The van der Waals surface area contributed by atoms with Crippen LogP contribution in [0.5, 0.6) is 0 Å². The number of benzene rings is 2. The van der Waals surface area contributed by atoms with E-state index in [0.29, 0.717) is 23.4 Å². The minimum Gasteiger partial charge on any atom is -0.326 e. The Morgan fingerprint density at radius 1 is 1.03 bits per heavy atom. The molecule has 4 aromatic rings. The maximum atomic E-state index is 13.2. The Morgan fingerprint density at radius 2 is 1.78 bits per heavy atom. The normalized spacial score (nSPS) is 11.1. The van der Waals surface area contributed by atoms with Crippen LogP contribution in [-0.4, -0.2) is 25.2 Å². The summed E-state index contributed by atoms with van der Waals surface area (Å²) in [5.74, 6) is -0.139. The molecule has 7 nitrogen and oxygen atoms in total. The molecule has 0 bridgehead atoms. The number of rotatable bonds is 6. The Kier molecular flexibility index (Phi) is 5.90. The molecule has 32 heavy (non-hydrogen) atoms. The second kappa shape index (κ2) is 8.78. The lowest BCUT2D eigenvalue weighted by atomic mass is 10.1. The van der Waals surface area contributed by atoms with Gasteiger partial charge in [-0.25, -0.2) is 9.67 Å². The predicted octanol–water partition coefficient (Wildman–Crippen LogP) is 4.10. The van der Waals surface area contributed by atoms with Crippen LogP contribution in [0, 0.1) is 20.8 Å². The van der Waals surface area contributed by atoms with Crippen molar-refractivity contribution in [2.24, 2.45) is 0 Å². The number of fused-ring (bicyclic) bond motifs is 1. The molecule has 2 aromatic carbocycles. The van der Waals surface area contributed by atoms with Crippen LogP contribution in [0.25, 0.3) is 16.9 Å². The van der Waals surface area contributed by atoms with Gasteiger partial charge in [0.1, 0.15) is 11.2 Å². The number of amides is 1. The fraction of sp³-hybridized carbons (Fsp3) is 0.280. The van der Waals surface area contributed by atoms with E-state index in [2.05, 4.69) is 15.4 Å². The lowest BCUT2D eigenvalue weighted by Crippen LogP contribution is -2.27. The molecule has 0 saturated heterocycles. The zero-order valence-electron chi connectivity index (χ0n) is 18.8. The van der Waals surface area contributed by atoms with E-state index in [-0.39, 0.29) is 24.3 Å². The van der Waals surface area contributed by atoms with Crippen LogP contribution in [0.1, 0.15) is 35.9 Å². The first-order valence-electron chi connectivity index (χ1n) is 10.8. The van der Waals surface area contributed by atoms with Crippen molar-refractivity contribution in [1.82, 2.24) is 19.3 Å². The van der Waals surface area contributed by atoms with Gasteiger partial charge in [-0.05, 0) is 57.0 Å². The standard InChI is InChI=1S/C25H27N5O2/c1-5-29-24-23(18(4)28-30(24)19-11-7-6-8-12-19)27-21(25(29)32)14-15-22(31)26-20-13-9-10-16(2)17(20)3/h6-13H,5,14-15H2,1-4H3,(H,26,31). The molecule has 2 heterocycles. The van der Waals surface area contributed by atoms with Gasteiger partial charge in [0.2, 0.25) is 5.91 Å². The molecule has 0 aliphatic rings. The van der Waals surface area contributed by atoms with Crippen molar-refractivity contribution in [1.29, 1.82) is 0 Å². The maximum absolute atomic E-state index is 13.2. The Hall–Kier alpha value is -3.74. The van der Waals surface area contributed by atoms with E-state index in [1.54, 1.807) is 9.25 Å². The van der Waals surface area contributed by atoms with Crippen molar-refractivity contribution in [2.75, 3.05) is 5.32 Å². The molecule has 0 aliphatic carbocycles. The molecule has 2 aromatic heterocycles. The summed E-state index contributed by atoms with van der Waals surface area (Å²) in [5, 5.41) is 7.59. The fourth-order valence-corrected chi connectivity index (χ4v) is 3.85. The molecule has 1 N–H and O–H groups in total. The minimum atomic E-state index is -0.184. The number of hydrogen-bond donors (Lipinski definition) is 1. The molecule has 0 fully saturated rings. The van der Waals surface area contributed by atoms with E-state index >= 15 is 0 Å². The SMILES string of the molecule is CCn1c(=O)c(CCC(=O)Nc2cccc(C)c2C)nc2c(C)nn(-c3ccccc3)c21. The number of para-hydroxylation sites is 1. The molecular formula is C25H27N5O2. The summed E-state index contributed by atoms with van der Waals surface area (Å²) in [6.07, 6.45) is 0.443.